The highest BCUT2D eigenvalue weighted by Gasteiger charge is 2.44. The number of aromatic nitrogens is 3. The molecule has 2 amide bonds. The van der Waals surface area contributed by atoms with E-state index in [0.29, 0.717) is 15.8 Å². The van der Waals surface area contributed by atoms with Crippen molar-refractivity contribution in [3.05, 3.63) is 53.2 Å². The molecule has 0 radical (unpaired) electrons. The number of primary amides is 1. The molecule has 0 fully saturated rings. The quantitative estimate of drug-likeness (QED) is 0.376. The molecule has 5 N–H and O–H groups in total. The molecule has 1 aromatic carbocycles. The van der Waals surface area contributed by atoms with Crippen molar-refractivity contribution >= 4 is 29.1 Å². The lowest BCUT2D eigenvalue weighted by Crippen LogP contribution is -2.26. The smallest absolute Gasteiger partial charge is 0.383 e. The molecular weight excluding hydrogens is 522 g/mol. The summed E-state index contributed by atoms with van der Waals surface area (Å²) in [5.74, 6) is -3.70. The number of nitrogen functional groups attached to an aromatic ring is 1. The average Bonchev–Trinajstić information content (AvgIpc) is 3.35. The first-order valence-corrected chi connectivity index (χ1v) is 11.0. The molecule has 0 bridgehead atoms. The van der Waals surface area contributed by atoms with Crippen LogP contribution >= 0.6 is 0 Å². The molecule has 202 valence electrons. The first kappa shape index (κ1) is 26.8. The Kier molecular flexibility index (Phi) is 6.71. The molecule has 0 spiro atoms. The van der Waals surface area contributed by atoms with Gasteiger partial charge in [0.2, 0.25) is 11.8 Å². The van der Waals surface area contributed by atoms with E-state index in [2.05, 4.69) is 15.6 Å². The summed E-state index contributed by atoms with van der Waals surface area (Å²) in [5.41, 5.74) is 11.8. The van der Waals surface area contributed by atoms with E-state index in [-0.39, 0.29) is 41.2 Å². The van der Waals surface area contributed by atoms with Crippen LogP contribution < -0.4 is 16.8 Å². The van der Waals surface area contributed by atoms with E-state index in [0.717, 1.165) is 13.0 Å². The van der Waals surface area contributed by atoms with Gasteiger partial charge in [-0.1, -0.05) is 35.5 Å². The van der Waals surface area contributed by atoms with Gasteiger partial charge in [0.15, 0.2) is 0 Å². The number of anilines is 2. The lowest BCUT2D eigenvalue weighted by molar-refractivity contribution is -0.165. The minimum atomic E-state index is -4.67. The third-order valence-electron chi connectivity index (χ3n) is 5.99. The van der Waals surface area contributed by atoms with Gasteiger partial charge >= 0.3 is 12.4 Å². The molecule has 38 heavy (non-hydrogen) atoms. The van der Waals surface area contributed by atoms with Gasteiger partial charge in [-0.3, -0.25) is 14.9 Å². The average molecular weight is 542 g/mol. The Hall–Kier alpha value is -4.30. The van der Waals surface area contributed by atoms with Crippen molar-refractivity contribution < 1.29 is 40.5 Å². The number of nitrogens with zero attached hydrogens (tertiary/aromatic N) is 3. The van der Waals surface area contributed by atoms with Crippen LogP contribution in [0.1, 0.15) is 41.0 Å². The number of alkyl halides is 6. The second-order valence-electron chi connectivity index (χ2n) is 8.68. The predicted molar refractivity (Wildman–Crippen MR) is 122 cm³/mol. The van der Waals surface area contributed by atoms with Crippen molar-refractivity contribution in [1.82, 2.24) is 14.9 Å². The maximum absolute atomic E-state index is 13.2. The molecular formula is C23H20F6N6O3. The van der Waals surface area contributed by atoms with Crippen molar-refractivity contribution in [2.75, 3.05) is 11.1 Å². The van der Waals surface area contributed by atoms with Crippen LogP contribution in [0, 0.1) is 5.92 Å². The fourth-order valence-electron chi connectivity index (χ4n) is 3.81. The number of amides is 2. The summed E-state index contributed by atoms with van der Waals surface area (Å²) in [4.78, 5) is 24.3. The zero-order chi connectivity index (χ0) is 28.0. The summed E-state index contributed by atoms with van der Waals surface area (Å²) >= 11 is 0. The van der Waals surface area contributed by atoms with E-state index in [4.69, 9.17) is 16.0 Å². The number of rotatable bonds is 7. The molecule has 3 aromatic rings. The SMILES string of the molecule is CC(n1nc(-c2ccc(CC(=O)Nc3cc(C4=CC(C(F)(F)F)C4)no3)cc2)c(C(N)=O)c1N)C(F)(F)F. The molecule has 2 atom stereocenters. The fraction of sp³-hybridized carbons (Fsp3) is 0.304. The normalized spacial score (nSPS) is 16.5. The van der Waals surface area contributed by atoms with Crippen LogP contribution in [-0.2, 0) is 11.2 Å². The van der Waals surface area contributed by atoms with E-state index in [9.17, 15) is 35.9 Å². The van der Waals surface area contributed by atoms with E-state index in [1.165, 1.54) is 30.3 Å². The summed E-state index contributed by atoms with van der Waals surface area (Å²) in [6.07, 6.45) is -8.34. The lowest BCUT2D eigenvalue weighted by Gasteiger charge is -2.25. The second kappa shape index (κ2) is 9.54. The Balaban J connectivity index is 1.44. The Morgan fingerprint density at radius 1 is 1.18 bits per heavy atom. The molecule has 4 rings (SSSR count). The third-order valence-corrected chi connectivity index (χ3v) is 5.99. The van der Waals surface area contributed by atoms with Gasteiger partial charge in [-0.2, -0.15) is 31.4 Å². The molecule has 0 aliphatic heterocycles. The van der Waals surface area contributed by atoms with Crippen molar-refractivity contribution in [3.8, 4) is 11.3 Å². The van der Waals surface area contributed by atoms with Gasteiger partial charge in [0.25, 0.3) is 5.91 Å². The highest BCUT2D eigenvalue weighted by molar-refractivity contribution is 6.03. The summed E-state index contributed by atoms with van der Waals surface area (Å²) in [5, 5.41) is 9.98. The second-order valence-corrected chi connectivity index (χ2v) is 8.68. The number of carbonyl (C=O) groups is 2. The van der Waals surface area contributed by atoms with Crippen molar-refractivity contribution in [1.29, 1.82) is 0 Å². The van der Waals surface area contributed by atoms with Crippen LogP contribution in [0.4, 0.5) is 38.0 Å². The van der Waals surface area contributed by atoms with Crippen molar-refractivity contribution in [2.45, 2.75) is 38.2 Å². The van der Waals surface area contributed by atoms with Crippen LogP contribution in [0.15, 0.2) is 40.9 Å². The van der Waals surface area contributed by atoms with Crippen molar-refractivity contribution in [3.63, 3.8) is 0 Å². The molecule has 0 saturated carbocycles. The predicted octanol–water partition coefficient (Wildman–Crippen LogP) is 4.49. The molecule has 1 aliphatic rings. The number of nitrogens with one attached hydrogen (secondary N) is 1. The molecule has 2 aromatic heterocycles. The van der Waals surface area contributed by atoms with Crippen molar-refractivity contribution in [2.24, 2.45) is 11.7 Å². The lowest BCUT2D eigenvalue weighted by atomic mass is 9.84. The maximum atomic E-state index is 13.2. The highest BCUT2D eigenvalue weighted by Crippen LogP contribution is 2.43. The number of carbonyl (C=O) groups excluding carboxylic acids is 2. The zero-order valence-corrected chi connectivity index (χ0v) is 19.5. The summed E-state index contributed by atoms with van der Waals surface area (Å²) in [6, 6.07) is 5.06. The van der Waals surface area contributed by atoms with Crippen LogP contribution in [0.5, 0.6) is 0 Å². The number of hydrogen-bond donors (Lipinski definition) is 3. The Bertz CT molecular complexity index is 1400. The van der Waals surface area contributed by atoms with Crippen LogP contribution in [-0.4, -0.2) is 39.1 Å². The van der Waals surface area contributed by atoms with E-state index in [1.807, 2.05) is 0 Å². The first-order valence-electron chi connectivity index (χ1n) is 11.0. The minimum absolute atomic E-state index is 0.0520. The monoisotopic (exact) mass is 542 g/mol. The summed E-state index contributed by atoms with van der Waals surface area (Å²) < 4.78 is 82.9. The minimum Gasteiger partial charge on any atom is -0.383 e. The topological polar surface area (TPSA) is 142 Å². The zero-order valence-electron chi connectivity index (χ0n) is 19.5. The number of nitrogens with two attached hydrogens (primary N) is 2. The first-order chi connectivity index (χ1) is 17.6. The molecule has 15 heteroatoms. The largest absolute Gasteiger partial charge is 0.410 e. The highest BCUT2D eigenvalue weighted by atomic mass is 19.4. The number of hydrogen-bond acceptors (Lipinski definition) is 6. The Labute approximate surface area is 210 Å². The van der Waals surface area contributed by atoms with Gasteiger partial charge in [-0.25, -0.2) is 4.68 Å². The van der Waals surface area contributed by atoms with Gasteiger partial charge in [0, 0.05) is 11.6 Å². The van der Waals surface area contributed by atoms with E-state index >= 15 is 0 Å². The summed E-state index contributed by atoms with van der Waals surface area (Å²) in [7, 11) is 0. The fourth-order valence-corrected chi connectivity index (χ4v) is 3.81. The Morgan fingerprint density at radius 2 is 1.82 bits per heavy atom. The van der Waals surface area contributed by atoms with Gasteiger partial charge in [0.1, 0.15) is 28.8 Å². The van der Waals surface area contributed by atoms with Crippen LogP contribution in [0.2, 0.25) is 0 Å². The molecule has 9 nitrogen and oxygen atoms in total. The standard InChI is InChI=1S/C23H20F6N6O3/c1-10(22(24,25)26)35-20(30)18(21(31)37)19(33-35)12-4-2-11(3-5-12)6-16(36)32-17-9-15(34-38-17)13-7-14(8-13)23(27,28)29/h2-5,7,9-10,14H,6,8,30H2,1H3,(H2,31,37)(H,32,36). The van der Waals surface area contributed by atoms with Crippen LogP contribution in [0.25, 0.3) is 16.8 Å². The van der Waals surface area contributed by atoms with Crippen LogP contribution in [0.3, 0.4) is 0 Å². The molecule has 2 heterocycles. The van der Waals surface area contributed by atoms with E-state index in [1.54, 1.807) is 0 Å². The number of benzene rings is 1. The Morgan fingerprint density at radius 3 is 2.37 bits per heavy atom. The van der Waals surface area contributed by atoms with Gasteiger partial charge in [-0.05, 0) is 24.5 Å². The van der Waals surface area contributed by atoms with Gasteiger partial charge < -0.3 is 16.0 Å². The third kappa shape index (κ3) is 5.35. The molecule has 0 saturated heterocycles. The number of halogens is 6. The van der Waals surface area contributed by atoms with Gasteiger partial charge in [0.05, 0.1) is 12.3 Å². The molecule has 1 aliphatic carbocycles. The number of allylic oxidation sites excluding steroid dienone is 2. The van der Waals surface area contributed by atoms with E-state index < -0.39 is 41.9 Å². The molecule has 2 unspecified atom stereocenters. The van der Waals surface area contributed by atoms with Gasteiger partial charge in [-0.15, -0.1) is 0 Å². The maximum Gasteiger partial charge on any atom is 0.410 e. The summed E-state index contributed by atoms with van der Waals surface area (Å²) in [6.45, 7) is 0.833.